The average molecular weight is 343 g/mol. The molecular formula is C19H23ClN4. The molecule has 0 radical (unpaired) electrons. The molecule has 1 aromatic heterocycles. The van der Waals surface area contributed by atoms with Crippen LogP contribution in [-0.4, -0.2) is 36.1 Å². The molecule has 0 N–H and O–H groups in total. The number of hydrogen-bond donors (Lipinski definition) is 0. The maximum atomic E-state index is 6.20. The number of rotatable bonds is 3. The van der Waals surface area contributed by atoms with Crippen LogP contribution in [0.2, 0.25) is 5.28 Å². The molecule has 2 aliphatic rings. The lowest BCUT2D eigenvalue weighted by Crippen LogP contribution is -2.34. The number of halogens is 1. The van der Waals surface area contributed by atoms with Crippen molar-refractivity contribution in [1.82, 2.24) is 9.97 Å². The Morgan fingerprint density at radius 1 is 0.833 bits per heavy atom. The van der Waals surface area contributed by atoms with Crippen LogP contribution >= 0.6 is 11.6 Å². The molecule has 2 aliphatic heterocycles. The summed E-state index contributed by atoms with van der Waals surface area (Å²) in [7, 11) is 0. The van der Waals surface area contributed by atoms with Crippen LogP contribution in [-0.2, 0) is 0 Å². The van der Waals surface area contributed by atoms with Crippen molar-refractivity contribution in [2.45, 2.75) is 31.6 Å². The lowest BCUT2D eigenvalue weighted by atomic mass is 9.89. The minimum atomic E-state index is 0.361. The summed E-state index contributed by atoms with van der Waals surface area (Å²) >= 11 is 6.20. The van der Waals surface area contributed by atoms with Crippen molar-refractivity contribution in [3.05, 3.63) is 47.2 Å². The van der Waals surface area contributed by atoms with E-state index >= 15 is 0 Å². The lowest BCUT2D eigenvalue weighted by molar-refractivity contribution is 0.502. The Bertz CT molecular complexity index is 677. The maximum absolute atomic E-state index is 6.20. The summed E-state index contributed by atoms with van der Waals surface area (Å²) in [6.07, 6.45) is 4.79. The number of nitrogens with zero attached hydrogens (tertiary/aromatic N) is 4. The van der Waals surface area contributed by atoms with Crippen LogP contribution in [0.4, 0.5) is 11.6 Å². The summed E-state index contributed by atoms with van der Waals surface area (Å²) in [6.45, 7) is 4.18. The van der Waals surface area contributed by atoms with Crippen LogP contribution in [0.5, 0.6) is 0 Å². The monoisotopic (exact) mass is 342 g/mol. The molecule has 0 bridgehead atoms. The predicted molar refractivity (Wildman–Crippen MR) is 99.1 cm³/mol. The molecule has 0 aliphatic carbocycles. The highest BCUT2D eigenvalue weighted by Crippen LogP contribution is 2.31. The van der Waals surface area contributed by atoms with Gasteiger partial charge in [-0.25, -0.2) is 9.97 Å². The SMILES string of the molecule is Clc1nc(N2CCCC2)cc(N2CCC(c3ccccc3)CC2)n1. The summed E-state index contributed by atoms with van der Waals surface area (Å²) in [5.74, 6) is 2.61. The van der Waals surface area contributed by atoms with Crippen molar-refractivity contribution < 1.29 is 0 Å². The number of benzene rings is 1. The molecule has 4 rings (SSSR count). The van der Waals surface area contributed by atoms with Crippen LogP contribution in [0.15, 0.2) is 36.4 Å². The van der Waals surface area contributed by atoms with Crippen LogP contribution in [0, 0.1) is 0 Å². The minimum absolute atomic E-state index is 0.361. The minimum Gasteiger partial charge on any atom is -0.356 e. The summed E-state index contributed by atoms with van der Waals surface area (Å²) in [5.41, 5.74) is 1.45. The van der Waals surface area contributed by atoms with Gasteiger partial charge in [-0.2, -0.15) is 0 Å². The molecule has 2 aromatic rings. The molecule has 4 nitrogen and oxygen atoms in total. The van der Waals surface area contributed by atoms with Crippen molar-refractivity contribution in [2.24, 2.45) is 0 Å². The molecule has 0 spiro atoms. The van der Waals surface area contributed by atoms with Crippen molar-refractivity contribution in [2.75, 3.05) is 36.0 Å². The fraction of sp³-hybridized carbons (Fsp3) is 0.474. The normalized spacial score (nSPS) is 19.0. The molecule has 0 amide bonds. The fourth-order valence-electron chi connectivity index (χ4n) is 3.83. The van der Waals surface area contributed by atoms with Gasteiger partial charge in [0.1, 0.15) is 11.6 Å². The van der Waals surface area contributed by atoms with Gasteiger partial charge in [0.2, 0.25) is 5.28 Å². The number of hydrogen-bond acceptors (Lipinski definition) is 4. The van der Waals surface area contributed by atoms with Gasteiger partial charge in [-0.15, -0.1) is 0 Å². The Labute approximate surface area is 148 Å². The van der Waals surface area contributed by atoms with E-state index in [4.69, 9.17) is 11.6 Å². The first-order valence-corrected chi connectivity index (χ1v) is 9.27. The van der Waals surface area contributed by atoms with E-state index in [-0.39, 0.29) is 0 Å². The largest absolute Gasteiger partial charge is 0.356 e. The zero-order valence-electron chi connectivity index (χ0n) is 13.9. The Kier molecular flexibility index (Phi) is 4.56. The third-order valence-corrected chi connectivity index (χ3v) is 5.36. The molecular weight excluding hydrogens is 320 g/mol. The van der Waals surface area contributed by atoms with Gasteiger partial charge in [-0.1, -0.05) is 30.3 Å². The van der Waals surface area contributed by atoms with Crippen molar-refractivity contribution in [1.29, 1.82) is 0 Å². The van der Waals surface area contributed by atoms with Gasteiger partial charge in [0.05, 0.1) is 0 Å². The average Bonchev–Trinajstić information content (AvgIpc) is 3.17. The molecule has 5 heteroatoms. The van der Waals surface area contributed by atoms with E-state index in [1.165, 1.54) is 18.4 Å². The van der Waals surface area contributed by atoms with Crippen LogP contribution in [0.3, 0.4) is 0 Å². The number of aromatic nitrogens is 2. The Morgan fingerprint density at radius 3 is 2.04 bits per heavy atom. The highest BCUT2D eigenvalue weighted by molar-refractivity contribution is 6.28. The zero-order chi connectivity index (χ0) is 16.4. The van der Waals surface area contributed by atoms with E-state index < -0.39 is 0 Å². The first-order valence-electron chi connectivity index (χ1n) is 8.89. The van der Waals surface area contributed by atoms with Gasteiger partial charge in [0.25, 0.3) is 0 Å². The fourth-order valence-corrected chi connectivity index (χ4v) is 4.00. The Balaban J connectivity index is 1.47. The first kappa shape index (κ1) is 15.7. The van der Waals surface area contributed by atoms with E-state index in [2.05, 4.69) is 56.2 Å². The maximum Gasteiger partial charge on any atom is 0.226 e. The third-order valence-electron chi connectivity index (χ3n) is 5.19. The molecule has 0 atom stereocenters. The van der Waals surface area contributed by atoms with Gasteiger partial charge in [-0.3, -0.25) is 0 Å². The van der Waals surface area contributed by atoms with Gasteiger partial charge < -0.3 is 9.80 Å². The molecule has 2 fully saturated rings. The standard InChI is InChI=1S/C19H23ClN4/c20-19-21-17(23-10-4-5-11-23)14-18(22-19)24-12-8-16(9-13-24)15-6-2-1-3-7-15/h1-3,6-7,14,16H,4-5,8-13H2. The van der Waals surface area contributed by atoms with Crippen molar-refractivity contribution in [3.8, 4) is 0 Å². The van der Waals surface area contributed by atoms with Gasteiger partial charge in [0.15, 0.2) is 0 Å². The van der Waals surface area contributed by atoms with E-state index in [0.29, 0.717) is 11.2 Å². The third kappa shape index (κ3) is 3.34. The second kappa shape index (κ2) is 6.98. The zero-order valence-corrected chi connectivity index (χ0v) is 14.6. The molecule has 0 unspecified atom stereocenters. The van der Waals surface area contributed by atoms with E-state index in [0.717, 1.165) is 50.7 Å². The lowest BCUT2D eigenvalue weighted by Gasteiger charge is -2.33. The van der Waals surface area contributed by atoms with Gasteiger partial charge >= 0.3 is 0 Å². The van der Waals surface area contributed by atoms with Gasteiger partial charge in [-0.05, 0) is 48.8 Å². The first-order chi connectivity index (χ1) is 11.8. The van der Waals surface area contributed by atoms with E-state index in [1.54, 1.807) is 0 Å². The summed E-state index contributed by atoms with van der Waals surface area (Å²) in [6, 6.07) is 12.9. The molecule has 3 heterocycles. The predicted octanol–water partition coefficient (Wildman–Crippen LogP) is 4.11. The van der Waals surface area contributed by atoms with E-state index in [1.807, 2.05) is 0 Å². The second-order valence-corrected chi connectivity index (χ2v) is 7.06. The second-order valence-electron chi connectivity index (χ2n) is 6.72. The summed E-state index contributed by atoms with van der Waals surface area (Å²) in [4.78, 5) is 13.6. The summed E-state index contributed by atoms with van der Waals surface area (Å²) in [5, 5.41) is 0.361. The van der Waals surface area contributed by atoms with Crippen molar-refractivity contribution in [3.63, 3.8) is 0 Å². The Morgan fingerprint density at radius 2 is 1.42 bits per heavy atom. The number of anilines is 2. The molecule has 0 saturated carbocycles. The van der Waals surface area contributed by atoms with Crippen LogP contribution in [0.25, 0.3) is 0 Å². The highest BCUT2D eigenvalue weighted by atomic mass is 35.5. The molecule has 24 heavy (non-hydrogen) atoms. The van der Waals surface area contributed by atoms with E-state index in [9.17, 15) is 0 Å². The van der Waals surface area contributed by atoms with Crippen LogP contribution < -0.4 is 9.80 Å². The van der Waals surface area contributed by atoms with Crippen LogP contribution in [0.1, 0.15) is 37.2 Å². The van der Waals surface area contributed by atoms with Gasteiger partial charge in [0, 0.05) is 32.2 Å². The summed E-state index contributed by atoms with van der Waals surface area (Å²) < 4.78 is 0. The molecule has 2 saturated heterocycles. The van der Waals surface area contributed by atoms with Crippen molar-refractivity contribution >= 4 is 23.2 Å². The molecule has 1 aromatic carbocycles. The topological polar surface area (TPSA) is 32.3 Å². The Hall–Kier alpha value is -1.81. The number of piperidine rings is 1. The smallest absolute Gasteiger partial charge is 0.226 e. The highest BCUT2D eigenvalue weighted by Gasteiger charge is 2.23. The quantitative estimate of drug-likeness (QED) is 0.786. The molecule has 126 valence electrons.